The molecule has 0 atom stereocenters. The number of nitrogens with zero attached hydrogens (tertiary/aromatic N) is 1. The van der Waals surface area contributed by atoms with Gasteiger partial charge in [0.15, 0.2) is 0 Å². The summed E-state index contributed by atoms with van der Waals surface area (Å²) in [6.07, 6.45) is -16.3. The first kappa shape index (κ1) is 32.0. The maximum Gasteiger partial charge on any atom is 0.573 e. The molecule has 0 saturated heterocycles. The highest BCUT2D eigenvalue weighted by Crippen LogP contribution is 2.43. The van der Waals surface area contributed by atoms with Crippen LogP contribution in [0.5, 0.6) is 17.2 Å². The average molecular weight is 629 g/mol. The lowest BCUT2D eigenvalue weighted by Crippen LogP contribution is -2.50. The van der Waals surface area contributed by atoms with E-state index in [0.29, 0.717) is 6.07 Å². The molecule has 0 aliphatic rings. The maximum absolute atomic E-state index is 13.9. The van der Waals surface area contributed by atoms with Gasteiger partial charge >= 0.3 is 25.0 Å². The molecule has 1 amide bonds. The minimum Gasteiger partial charge on any atom is -0.410 e. The van der Waals surface area contributed by atoms with E-state index >= 15 is 0 Å². The second kappa shape index (κ2) is 12.0. The van der Waals surface area contributed by atoms with Crippen molar-refractivity contribution in [2.24, 2.45) is 0 Å². The number of para-hydroxylation sites is 1. The molecule has 0 fully saturated rings. The van der Waals surface area contributed by atoms with Crippen molar-refractivity contribution in [3.05, 3.63) is 120 Å². The fourth-order valence-corrected chi connectivity index (χ4v) is 4.42. The molecule has 4 rings (SSSR count). The minimum atomic E-state index is -5.11. The van der Waals surface area contributed by atoms with E-state index in [1.165, 1.54) is 43.3 Å². The van der Waals surface area contributed by atoms with Crippen LogP contribution in [0.15, 0.2) is 103 Å². The predicted octanol–water partition coefficient (Wildman–Crippen LogP) is 9.47. The minimum absolute atomic E-state index is 0.0243. The van der Waals surface area contributed by atoms with Crippen molar-refractivity contribution in [1.29, 1.82) is 0 Å². The molecular weight excluding hydrogens is 609 g/mol. The molecule has 0 aliphatic carbocycles. The van der Waals surface area contributed by atoms with Gasteiger partial charge in [-0.15, -0.1) is 26.3 Å². The third-order valence-electron chi connectivity index (χ3n) is 6.27. The van der Waals surface area contributed by atoms with Crippen molar-refractivity contribution >= 4 is 11.8 Å². The molecule has 44 heavy (non-hydrogen) atoms. The molecule has 4 aromatic carbocycles. The topological polar surface area (TPSA) is 48.0 Å². The normalized spacial score (nSPS) is 12.4. The molecule has 0 aromatic heterocycles. The van der Waals surface area contributed by atoms with Gasteiger partial charge in [0.2, 0.25) is 0 Å². The second-order valence-corrected chi connectivity index (χ2v) is 9.29. The monoisotopic (exact) mass is 629 g/mol. The fourth-order valence-electron chi connectivity index (χ4n) is 4.42. The SMILES string of the molecule is CC(c1cccc(OC(F)(F)F)c1)(c1cccc(OC(F)(F)F)c1)N(C(=O)Oc1cccc(C(F)(F)F)c1)c1ccccc1. The largest absolute Gasteiger partial charge is 0.573 e. The first-order valence-electron chi connectivity index (χ1n) is 12.4. The number of ether oxygens (including phenoxy) is 3. The standard InChI is InChI=1S/C30H20F9NO4/c1-27(19-8-5-14-24(16-19)43-29(34,35)36,20-9-6-15-25(17-20)44-30(37,38)39)40(22-11-3-2-4-12-22)26(41)42-23-13-7-10-21(18-23)28(31,32)33/h2-18H,1H3. The molecule has 5 nitrogen and oxygen atoms in total. The zero-order chi connectivity index (χ0) is 32.3. The number of halogens is 9. The van der Waals surface area contributed by atoms with Crippen LogP contribution < -0.4 is 19.1 Å². The number of rotatable bonds is 7. The lowest BCUT2D eigenvalue weighted by atomic mass is 9.82. The zero-order valence-electron chi connectivity index (χ0n) is 22.3. The molecular formula is C30H20F9NO4. The third kappa shape index (κ3) is 7.74. The van der Waals surface area contributed by atoms with Gasteiger partial charge in [-0.2, -0.15) is 13.2 Å². The lowest BCUT2D eigenvalue weighted by molar-refractivity contribution is -0.275. The molecule has 0 aliphatic heterocycles. The first-order chi connectivity index (χ1) is 20.5. The Hall–Kier alpha value is -4.88. The zero-order valence-corrected chi connectivity index (χ0v) is 22.3. The number of alkyl halides is 9. The van der Waals surface area contributed by atoms with Crippen LogP contribution in [0, 0.1) is 0 Å². The van der Waals surface area contributed by atoms with Crippen LogP contribution in [0.4, 0.5) is 50.0 Å². The van der Waals surface area contributed by atoms with Crippen molar-refractivity contribution < 1.29 is 58.5 Å². The summed E-state index contributed by atoms with van der Waals surface area (Å²) in [4.78, 5) is 14.8. The number of hydrogen-bond donors (Lipinski definition) is 0. The molecule has 0 heterocycles. The molecule has 14 heteroatoms. The van der Waals surface area contributed by atoms with Crippen molar-refractivity contribution in [1.82, 2.24) is 0 Å². The molecule has 0 unspecified atom stereocenters. The van der Waals surface area contributed by atoms with E-state index in [0.717, 1.165) is 59.5 Å². The van der Waals surface area contributed by atoms with Crippen LogP contribution in [0.25, 0.3) is 0 Å². The lowest BCUT2D eigenvalue weighted by Gasteiger charge is -2.41. The second-order valence-electron chi connectivity index (χ2n) is 9.29. The summed E-state index contributed by atoms with van der Waals surface area (Å²) in [5, 5.41) is 0. The summed E-state index contributed by atoms with van der Waals surface area (Å²) in [7, 11) is 0. The Morgan fingerprint density at radius 2 is 1.00 bits per heavy atom. The summed E-state index contributed by atoms with van der Waals surface area (Å²) < 4.78 is 132. The van der Waals surface area contributed by atoms with Crippen LogP contribution in [-0.2, 0) is 11.7 Å². The summed E-state index contributed by atoms with van der Waals surface area (Å²) >= 11 is 0. The van der Waals surface area contributed by atoms with Crippen LogP contribution in [0.1, 0.15) is 23.6 Å². The Kier molecular flexibility index (Phi) is 8.75. The van der Waals surface area contributed by atoms with Crippen LogP contribution >= 0.6 is 0 Å². The van der Waals surface area contributed by atoms with Gasteiger partial charge in [-0.25, -0.2) is 4.79 Å². The number of hydrogen-bond acceptors (Lipinski definition) is 4. The van der Waals surface area contributed by atoms with E-state index in [4.69, 9.17) is 4.74 Å². The highest BCUT2D eigenvalue weighted by atomic mass is 19.4. The predicted molar refractivity (Wildman–Crippen MR) is 139 cm³/mol. The van der Waals surface area contributed by atoms with E-state index in [-0.39, 0.29) is 16.8 Å². The molecule has 0 saturated carbocycles. The maximum atomic E-state index is 13.9. The van der Waals surface area contributed by atoms with Crippen molar-refractivity contribution in [2.45, 2.75) is 31.4 Å². The van der Waals surface area contributed by atoms with E-state index in [1.54, 1.807) is 6.07 Å². The number of carbonyl (C=O) groups excluding carboxylic acids is 1. The van der Waals surface area contributed by atoms with Gasteiger partial charge < -0.3 is 14.2 Å². The molecule has 0 radical (unpaired) electrons. The Labute approximate surface area is 244 Å². The van der Waals surface area contributed by atoms with Gasteiger partial charge in [-0.1, -0.05) is 48.5 Å². The Morgan fingerprint density at radius 1 is 0.568 bits per heavy atom. The molecule has 0 bridgehead atoms. The van der Waals surface area contributed by atoms with Gasteiger partial charge in [0.25, 0.3) is 0 Å². The molecule has 232 valence electrons. The average Bonchev–Trinajstić information content (AvgIpc) is 2.92. The first-order valence-corrected chi connectivity index (χ1v) is 12.4. The summed E-state index contributed by atoms with van der Waals surface area (Å²) in [6.45, 7) is 1.30. The summed E-state index contributed by atoms with van der Waals surface area (Å²) in [5.74, 6) is -1.97. The molecule has 0 spiro atoms. The highest BCUT2D eigenvalue weighted by Gasteiger charge is 2.43. The van der Waals surface area contributed by atoms with Crippen molar-refractivity contribution in [2.75, 3.05) is 4.90 Å². The molecule has 0 N–H and O–H groups in total. The fraction of sp³-hybridized carbons (Fsp3) is 0.167. The van der Waals surface area contributed by atoms with Gasteiger partial charge in [-0.3, -0.25) is 4.90 Å². The van der Waals surface area contributed by atoms with Crippen molar-refractivity contribution in [3.8, 4) is 17.2 Å². The molecule has 4 aromatic rings. The van der Waals surface area contributed by atoms with Crippen molar-refractivity contribution in [3.63, 3.8) is 0 Å². The van der Waals surface area contributed by atoms with E-state index < -0.39 is 53.3 Å². The van der Waals surface area contributed by atoms with Crippen LogP contribution in [0.3, 0.4) is 0 Å². The number of anilines is 1. The Morgan fingerprint density at radius 3 is 1.45 bits per heavy atom. The highest BCUT2D eigenvalue weighted by molar-refractivity contribution is 5.92. The summed E-state index contributed by atoms with van der Waals surface area (Å²) in [6, 6.07) is 19.3. The Bertz CT molecular complexity index is 1540. The third-order valence-corrected chi connectivity index (χ3v) is 6.27. The van der Waals surface area contributed by atoms with Gasteiger partial charge in [-0.05, 0) is 72.6 Å². The van der Waals surface area contributed by atoms with Crippen LogP contribution in [-0.4, -0.2) is 18.8 Å². The quantitative estimate of drug-likeness (QED) is 0.191. The number of amides is 1. The smallest absolute Gasteiger partial charge is 0.410 e. The van der Waals surface area contributed by atoms with Gasteiger partial charge in [0.1, 0.15) is 17.2 Å². The number of carbonyl (C=O) groups is 1. The summed E-state index contributed by atoms with van der Waals surface area (Å²) in [5.41, 5.74) is -3.31. The van der Waals surface area contributed by atoms with Gasteiger partial charge in [0, 0.05) is 5.69 Å². The van der Waals surface area contributed by atoms with Crippen LogP contribution in [0.2, 0.25) is 0 Å². The van der Waals surface area contributed by atoms with Gasteiger partial charge in [0.05, 0.1) is 11.1 Å². The number of benzene rings is 4. The Balaban J connectivity index is 1.94. The van der Waals surface area contributed by atoms with E-state index in [1.807, 2.05) is 0 Å². The van der Waals surface area contributed by atoms with E-state index in [2.05, 4.69) is 9.47 Å². The van der Waals surface area contributed by atoms with E-state index in [9.17, 15) is 44.3 Å².